The van der Waals surface area contributed by atoms with E-state index in [9.17, 15) is 14.7 Å². The van der Waals surface area contributed by atoms with Crippen molar-refractivity contribution in [2.75, 3.05) is 13.7 Å². The fourth-order valence-electron chi connectivity index (χ4n) is 2.47. The molecule has 0 aromatic heterocycles. The lowest BCUT2D eigenvalue weighted by Crippen LogP contribution is -2.39. The molecule has 0 saturated heterocycles. The van der Waals surface area contributed by atoms with Crippen LogP contribution >= 0.6 is 11.8 Å². The molecule has 0 aliphatic carbocycles. The molecular formula is C17H16N2O5S. The Morgan fingerprint density at radius 2 is 2.04 bits per heavy atom. The summed E-state index contributed by atoms with van der Waals surface area (Å²) in [5, 5.41) is 21.2. The number of rotatable bonds is 4. The highest BCUT2D eigenvalue weighted by Gasteiger charge is 2.31. The monoisotopic (exact) mass is 360 g/mol. The average molecular weight is 360 g/mol. The maximum atomic E-state index is 12.0. The van der Waals surface area contributed by atoms with Crippen molar-refractivity contribution in [3.05, 3.63) is 64.5 Å². The molecule has 25 heavy (non-hydrogen) atoms. The third kappa shape index (κ3) is 3.48. The van der Waals surface area contributed by atoms with Crippen LogP contribution in [0.25, 0.3) is 0 Å². The molecule has 8 heteroatoms. The quantitative estimate of drug-likeness (QED) is 0.764. The van der Waals surface area contributed by atoms with E-state index in [2.05, 4.69) is 5.32 Å². The van der Waals surface area contributed by atoms with E-state index >= 15 is 0 Å². The van der Waals surface area contributed by atoms with Crippen LogP contribution in [0.1, 0.15) is 10.8 Å². The summed E-state index contributed by atoms with van der Waals surface area (Å²) in [6.45, 7) is -0.518. The highest BCUT2D eigenvalue weighted by molar-refractivity contribution is 8.04. The Hall–Kier alpha value is -2.87. The highest BCUT2D eigenvalue weighted by Crippen LogP contribution is 2.49. The molecule has 3 N–H and O–H groups in total. The number of nitrogens with zero attached hydrogens (tertiary/aromatic N) is 1. The number of urea groups is 1. The highest BCUT2D eigenvalue weighted by atomic mass is 32.2. The van der Waals surface area contributed by atoms with Gasteiger partial charge in [-0.3, -0.25) is 4.79 Å². The van der Waals surface area contributed by atoms with Crippen molar-refractivity contribution in [2.45, 2.75) is 5.25 Å². The molecule has 1 atom stereocenters. The number of aliphatic carboxylic acids is 1. The summed E-state index contributed by atoms with van der Waals surface area (Å²) >= 11 is 1.42. The number of nitrogens with one attached hydrogen (secondary N) is 1. The van der Waals surface area contributed by atoms with Crippen LogP contribution in [0, 0.1) is 0 Å². The summed E-state index contributed by atoms with van der Waals surface area (Å²) < 4.78 is 5.15. The SMILES string of the molecule is COc1ccc(C2C=C3C=CN(C(=O)NCC(=O)O)C(O)=C3S2)cc1. The second-order valence-electron chi connectivity index (χ2n) is 5.32. The molecule has 1 unspecified atom stereocenters. The third-order valence-corrected chi connectivity index (χ3v) is 5.04. The second-order valence-corrected chi connectivity index (χ2v) is 6.48. The van der Waals surface area contributed by atoms with Crippen LogP contribution in [-0.2, 0) is 4.79 Å². The summed E-state index contributed by atoms with van der Waals surface area (Å²) in [6, 6.07) is 6.93. The van der Waals surface area contributed by atoms with Crippen molar-refractivity contribution in [1.82, 2.24) is 10.2 Å². The van der Waals surface area contributed by atoms with Gasteiger partial charge < -0.3 is 20.3 Å². The molecule has 2 amide bonds. The molecule has 130 valence electrons. The minimum Gasteiger partial charge on any atom is -0.497 e. The predicted molar refractivity (Wildman–Crippen MR) is 93.1 cm³/mol. The first-order valence-corrected chi connectivity index (χ1v) is 8.30. The smallest absolute Gasteiger partial charge is 0.328 e. The first kappa shape index (κ1) is 17.0. The van der Waals surface area contributed by atoms with Gasteiger partial charge in [-0.15, -0.1) is 11.8 Å². The van der Waals surface area contributed by atoms with Gasteiger partial charge in [0.15, 0.2) is 0 Å². The van der Waals surface area contributed by atoms with Crippen LogP contribution in [0.3, 0.4) is 0 Å². The van der Waals surface area contributed by atoms with Crippen molar-refractivity contribution in [3.8, 4) is 5.75 Å². The number of hydrogen-bond donors (Lipinski definition) is 3. The third-order valence-electron chi connectivity index (χ3n) is 3.73. The molecule has 2 heterocycles. The van der Waals surface area contributed by atoms with E-state index in [-0.39, 0.29) is 11.1 Å². The fraction of sp³-hybridized carbons (Fsp3) is 0.176. The van der Waals surface area contributed by atoms with Crippen molar-refractivity contribution in [1.29, 1.82) is 0 Å². The molecule has 0 bridgehead atoms. The number of methoxy groups -OCH3 is 1. The number of aliphatic hydroxyl groups is 1. The van der Waals surface area contributed by atoms with Gasteiger partial charge >= 0.3 is 12.0 Å². The maximum Gasteiger partial charge on any atom is 0.328 e. The summed E-state index contributed by atoms with van der Waals surface area (Å²) in [4.78, 5) is 24.1. The number of allylic oxidation sites excluding steroid dienone is 2. The van der Waals surface area contributed by atoms with Crippen LogP contribution in [0.4, 0.5) is 4.79 Å². The zero-order valence-electron chi connectivity index (χ0n) is 13.3. The fourth-order valence-corrected chi connectivity index (χ4v) is 3.71. The van der Waals surface area contributed by atoms with Gasteiger partial charge in [-0.05, 0) is 29.3 Å². The Labute approximate surface area is 148 Å². The average Bonchev–Trinajstić information content (AvgIpc) is 3.05. The standard InChI is InChI=1S/C17H16N2O5S/c1-24-12-4-2-10(3-5-12)13-8-11-6-7-19(16(22)15(11)25-13)17(23)18-9-14(20)21/h2-8,13,22H,9H2,1H3,(H,18,23)(H,20,21). The number of carbonyl (C=O) groups excluding carboxylic acids is 1. The van der Waals surface area contributed by atoms with Crippen molar-refractivity contribution in [3.63, 3.8) is 0 Å². The number of ether oxygens (including phenoxy) is 1. The normalized spacial score (nSPS) is 18.7. The van der Waals surface area contributed by atoms with Gasteiger partial charge in [0, 0.05) is 6.20 Å². The molecular weight excluding hydrogens is 344 g/mol. The zero-order valence-corrected chi connectivity index (χ0v) is 14.1. The number of aliphatic hydroxyl groups excluding tert-OH is 1. The molecule has 3 rings (SSSR count). The lowest BCUT2D eigenvalue weighted by atomic mass is 10.1. The minimum atomic E-state index is -1.16. The molecule has 0 spiro atoms. The van der Waals surface area contributed by atoms with E-state index in [1.807, 2.05) is 30.3 Å². The number of amides is 2. The summed E-state index contributed by atoms with van der Waals surface area (Å²) in [5.41, 5.74) is 1.87. The summed E-state index contributed by atoms with van der Waals surface area (Å²) in [7, 11) is 1.60. The van der Waals surface area contributed by atoms with Crippen LogP contribution in [0.2, 0.25) is 0 Å². The number of carbonyl (C=O) groups is 2. The second kappa shape index (κ2) is 6.94. The van der Waals surface area contributed by atoms with Gasteiger partial charge in [-0.2, -0.15) is 0 Å². The topological polar surface area (TPSA) is 99.1 Å². The van der Waals surface area contributed by atoms with Gasteiger partial charge in [-0.1, -0.05) is 18.2 Å². The number of benzene rings is 1. The van der Waals surface area contributed by atoms with E-state index in [0.717, 1.165) is 21.8 Å². The van der Waals surface area contributed by atoms with Crippen LogP contribution < -0.4 is 10.1 Å². The van der Waals surface area contributed by atoms with Crippen molar-refractivity contribution < 1.29 is 24.5 Å². The van der Waals surface area contributed by atoms with Gasteiger partial charge in [0.1, 0.15) is 12.3 Å². The van der Waals surface area contributed by atoms with E-state index in [4.69, 9.17) is 9.84 Å². The summed E-state index contributed by atoms with van der Waals surface area (Å²) in [5.74, 6) is -0.602. The molecule has 0 radical (unpaired) electrons. The Bertz CT molecular complexity index is 798. The Morgan fingerprint density at radius 1 is 1.32 bits per heavy atom. The maximum absolute atomic E-state index is 12.0. The van der Waals surface area contributed by atoms with Gasteiger partial charge in [0.05, 0.1) is 17.3 Å². The predicted octanol–water partition coefficient (Wildman–Crippen LogP) is 2.76. The van der Waals surface area contributed by atoms with Gasteiger partial charge in [-0.25, -0.2) is 9.69 Å². The van der Waals surface area contributed by atoms with Crippen LogP contribution in [-0.4, -0.2) is 40.8 Å². The zero-order chi connectivity index (χ0) is 18.0. The van der Waals surface area contributed by atoms with Gasteiger partial charge in [0.2, 0.25) is 5.88 Å². The van der Waals surface area contributed by atoms with Gasteiger partial charge in [0.25, 0.3) is 0 Å². The Kier molecular flexibility index (Phi) is 4.71. The van der Waals surface area contributed by atoms with E-state index < -0.39 is 18.5 Å². The Morgan fingerprint density at radius 3 is 2.68 bits per heavy atom. The number of carboxylic acid groups (broad SMARTS) is 1. The summed E-state index contributed by atoms with van der Waals surface area (Å²) in [6.07, 6.45) is 5.13. The van der Waals surface area contributed by atoms with Crippen LogP contribution in [0.15, 0.2) is 59.0 Å². The first-order valence-electron chi connectivity index (χ1n) is 7.42. The lowest BCUT2D eigenvalue weighted by Gasteiger charge is -2.22. The molecule has 1 aromatic carbocycles. The lowest BCUT2D eigenvalue weighted by molar-refractivity contribution is -0.135. The molecule has 7 nitrogen and oxygen atoms in total. The number of fused-ring (bicyclic) bond motifs is 1. The van der Waals surface area contributed by atoms with E-state index in [0.29, 0.717) is 4.91 Å². The molecule has 0 fully saturated rings. The van der Waals surface area contributed by atoms with Crippen molar-refractivity contribution in [2.24, 2.45) is 0 Å². The van der Waals surface area contributed by atoms with E-state index in [1.54, 1.807) is 13.2 Å². The minimum absolute atomic E-state index is 0.00439. The molecule has 0 saturated carbocycles. The van der Waals surface area contributed by atoms with Crippen LogP contribution in [0.5, 0.6) is 5.75 Å². The molecule has 2 aliphatic heterocycles. The first-order chi connectivity index (χ1) is 12.0. The number of carboxylic acids is 1. The number of thioether (sulfide) groups is 1. The van der Waals surface area contributed by atoms with Crippen molar-refractivity contribution >= 4 is 23.8 Å². The molecule has 1 aromatic rings. The number of hydrogen-bond acceptors (Lipinski definition) is 5. The molecule has 2 aliphatic rings. The Balaban J connectivity index is 1.77. The van der Waals surface area contributed by atoms with E-state index in [1.165, 1.54) is 18.0 Å². The largest absolute Gasteiger partial charge is 0.497 e.